The summed E-state index contributed by atoms with van der Waals surface area (Å²) in [6.07, 6.45) is 6.94. The Morgan fingerprint density at radius 3 is 2.46 bits per heavy atom. The minimum absolute atomic E-state index is 0.165. The summed E-state index contributed by atoms with van der Waals surface area (Å²) in [5, 5.41) is 10.9. The maximum absolute atomic E-state index is 12.2. The molecule has 1 aromatic rings. The second kappa shape index (κ2) is 8.72. The molecule has 1 aliphatic rings. The summed E-state index contributed by atoms with van der Waals surface area (Å²) in [6, 6.07) is 7.03. The Balaban J connectivity index is 2.00. The summed E-state index contributed by atoms with van der Waals surface area (Å²) in [6.45, 7) is -0.165. The molecule has 1 aromatic carbocycles. The van der Waals surface area contributed by atoms with Crippen LogP contribution in [0.5, 0.6) is 0 Å². The predicted molar refractivity (Wildman–Crippen MR) is 100 cm³/mol. The van der Waals surface area contributed by atoms with Gasteiger partial charge in [-0.25, -0.2) is 0 Å². The van der Waals surface area contributed by atoms with Gasteiger partial charge < -0.3 is 10.2 Å². The van der Waals surface area contributed by atoms with Gasteiger partial charge in [-0.3, -0.25) is 9.35 Å². The summed E-state index contributed by atoms with van der Waals surface area (Å²) in [4.78, 5) is 14.2. The molecule has 1 aliphatic carbocycles. The van der Waals surface area contributed by atoms with Crippen LogP contribution in [0.4, 0.5) is 11.4 Å². The van der Waals surface area contributed by atoms with Crippen LogP contribution in [-0.2, 0) is 14.9 Å². The number of allylic oxidation sites excluding steroid dienone is 2. The molecule has 0 saturated carbocycles. The van der Waals surface area contributed by atoms with Crippen LogP contribution in [0.15, 0.2) is 58.8 Å². The summed E-state index contributed by atoms with van der Waals surface area (Å²) >= 11 is 0. The number of azo groups is 1. The molecule has 0 radical (unpaired) electrons. The Morgan fingerprint density at radius 2 is 1.85 bits per heavy atom. The molecule has 0 aliphatic heterocycles. The minimum atomic E-state index is -4.11. The van der Waals surface area contributed by atoms with Gasteiger partial charge in [-0.2, -0.15) is 18.6 Å². The van der Waals surface area contributed by atoms with E-state index in [9.17, 15) is 13.2 Å². The van der Waals surface area contributed by atoms with Crippen LogP contribution in [0.25, 0.3) is 0 Å². The van der Waals surface area contributed by atoms with Crippen LogP contribution < -0.4 is 10.2 Å². The lowest BCUT2D eigenvalue weighted by Crippen LogP contribution is -2.38. The zero-order valence-corrected chi connectivity index (χ0v) is 15.4. The molecule has 0 aromatic heterocycles. The van der Waals surface area contributed by atoms with E-state index in [-0.39, 0.29) is 12.5 Å². The van der Waals surface area contributed by atoms with E-state index >= 15 is 0 Å². The van der Waals surface area contributed by atoms with Crippen LogP contribution in [-0.4, -0.2) is 51.3 Å². The van der Waals surface area contributed by atoms with E-state index < -0.39 is 27.8 Å². The zero-order valence-electron chi connectivity index (χ0n) is 14.6. The molecule has 140 valence electrons. The molecule has 0 saturated heterocycles. The third-order valence-corrected chi connectivity index (χ3v) is 4.46. The number of hydrogen-bond acceptors (Lipinski definition) is 6. The normalized spacial score (nSPS) is 19.7. The van der Waals surface area contributed by atoms with E-state index in [2.05, 4.69) is 15.5 Å². The molecule has 2 atom stereocenters. The van der Waals surface area contributed by atoms with Crippen molar-refractivity contribution in [3.8, 4) is 0 Å². The van der Waals surface area contributed by atoms with E-state index in [0.717, 1.165) is 5.69 Å². The molecule has 26 heavy (non-hydrogen) atoms. The van der Waals surface area contributed by atoms with Crippen molar-refractivity contribution in [1.82, 2.24) is 5.32 Å². The third kappa shape index (κ3) is 6.08. The van der Waals surface area contributed by atoms with Crippen molar-refractivity contribution in [2.75, 3.05) is 31.3 Å². The Labute approximate surface area is 153 Å². The maximum atomic E-state index is 12.2. The molecule has 0 bridgehead atoms. The minimum Gasteiger partial charge on any atom is -0.378 e. The van der Waals surface area contributed by atoms with Gasteiger partial charge in [0.15, 0.2) is 0 Å². The first-order chi connectivity index (χ1) is 12.3. The Morgan fingerprint density at radius 1 is 1.19 bits per heavy atom. The fraction of sp³-hybridized carbons (Fsp3) is 0.353. The lowest BCUT2D eigenvalue weighted by Gasteiger charge is -2.19. The molecule has 9 heteroatoms. The van der Waals surface area contributed by atoms with E-state index in [1.54, 1.807) is 24.3 Å². The predicted octanol–water partition coefficient (Wildman–Crippen LogP) is 1.95. The number of nitrogens with zero attached hydrogens (tertiary/aromatic N) is 3. The molecule has 0 fully saturated rings. The molecular formula is C17H22N4O4S. The molecule has 2 N–H and O–H groups in total. The highest BCUT2D eigenvalue weighted by Crippen LogP contribution is 2.22. The van der Waals surface area contributed by atoms with Crippen molar-refractivity contribution in [3.05, 3.63) is 48.6 Å². The van der Waals surface area contributed by atoms with Crippen LogP contribution in [0, 0.1) is 5.92 Å². The summed E-state index contributed by atoms with van der Waals surface area (Å²) < 4.78 is 30.2. The molecule has 8 nitrogen and oxygen atoms in total. The number of benzene rings is 1. The van der Waals surface area contributed by atoms with Gasteiger partial charge >= 0.3 is 0 Å². The van der Waals surface area contributed by atoms with Crippen molar-refractivity contribution in [3.63, 3.8) is 0 Å². The van der Waals surface area contributed by atoms with Gasteiger partial charge in [-0.1, -0.05) is 24.3 Å². The Kier molecular flexibility index (Phi) is 6.64. The van der Waals surface area contributed by atoms with Crippen LogP contribution in [0.1, 0.15) is 0 Å². The summed E-state index contributed by atoms with van der Waals surface area (Å²) in [7, 11) is -0.221. The number of nitrogens with one attached hydrogen (secondary N) is 1. The van der Waals surface area contributed by atoms with E-state index in [0.29, 0.717) is 5.69 Å². The molecular weight excluding hydrogens is 356 g/mol. The van der Waals surface area contributed by atoms with E-state index in [1.807, 2.05) is 43.3 Å². The fourth-order valence-electron chi connectivity index (χ4n) is 2.32. The molecule has 0 spiro atoms. The number of carbonyl (C=O) groups excluding carboxylic acids is 1. The molecule has 1 amide bonds. The first-order valence-electron chi connectivity index (χ1n) is 8.02. The van der Waals surface area contributed by atoms with E-state index in [1.165, 1.54) is 0 Å². The van der Waals surface area contributed by atoms with Crippen LogP contribution in [0.2, 0.25) is 0 Å². The highest BCUT2D eigenvalue weighted by molar-refractivity contribution is 7.85. The van der Waals surface area contributed by atoms with Crippen molar-refractivity contribution in [2.45, 2.75) is 6.04 Å². The Bertz CT molecular complexity index is 814. The first kappa shape index (κ1) is 19.8. The van der Waals surface area contributed by atoms with Crippen molar-refractivity contribution >= 4 is 27.4 Å². The van der Waals surface area contributed by atoms with Crippen molar-refractivity contribution in [1.29, 1.82) is 0 Å². The average Bonchev–Trinajstić information content (AvgIpc) is 2.59. The van der Waals surface area contributed by atoms with Crippen LogP contribution >= 0.6 is 0 Å². The first-order valence-corrected chi connectivity index (χ1v) is 9.63. The van der Waals surface area contributed by atoms with Crippen molar-refractivity contribution < 1.29 is 17.8 Å². The molecule has 0 heterocycles. The quantitative estimate of drug-likeness (QED) is 0.556. The van der Waals surface area contributed by atoms with Gasteiger partial charge in [0.1, 0.15) is 6.04 Å². The highest BCUT2D eigenvalue weighted by atomic mass is 32.2. The lowest BCUT2D eigenvalue weighted by molar-refractivity contribution is -0.123. The van der Waals surface area contributed by atoms with Crippen molar-refractivity contribution in [2.24, 2.45) is 16.1 Å². The highest BCUT2D eigenvalue weighted by Gasteiger charge is 2.25. The number of anilines is 1. The standard InChI is InChI=1S/C17H22N4O4S/c1-21(2)14-9-7-13(8-10-14)19-20-16-6-4-3-5-15(16)17(22)18-11-12-26(23,24)25/h3-10,15-16H,11-12H2,1-2H3,(H,18,22)(H,23,24,25). The van der Waals surface area contributed by atoms with Gasteiger partial charge in [0.2, 0.25) is 5.91 Å². The van der Waals surface area contributed by atoms with Gasteiger partial charge in [0.05, 0.1) is 17.4 Å². The molecule has 2 rings (SSSR count). The summed E-state index contributed by atoms with van der Waals surface area (Å²) in [5.41, 5.74) is 1.71. The van der Waals surface area contributed by atoms with Gasteiger partial charge in [0.25, 0.3) is 10.1 Å². The Hall–Kier alpha value is -2.52. The smallest absolute Gasteiger partial charge is 0.266 e. The zero-order chi connectivity index (χ0) is 19.2. The molecule has 2 unspecified atom stereocenters. The summed E-state index contributed by atoms with van der Waals surface area (Å²) in [5.74, 6) is -1.50. The monoisotopic (exact) mass is 378 g/mol. The number of carbonyl (C=O) groups is 1. The van der Waals surface area contributed by atoms with Gasteiger partial charge in [0, 0.05) is 26.3 Å². The average molecular weight is 378 g/mol. The second-order valence-electron chi connectivity index (χ2n) is 5.99. The van der Waals surface area contributed by atoms with Gasteiger partial charge in [-0.05, 0) is 24.3 Å². The second-order valence-corrected chi connectivity index (χ2v) is 7.56. The SMILES string of the molecule is CN(C)c1ccc(N=NC2C=CC=CC2C(=O)NCCS(=O)(=O)O)cc1. The lowest BCUT2D eigenvalue weighted by atomic mass is 9.95. The topological polar surface area (TPSA) is 111 Å². The number of rotatable bonds is 7. The van der Waals surface area contributed by atoms with Gasteiger partial charge in [-0.15, -0.1) is 0 Å². The third-order valence-electron chi connectivity index (χ3n) is 3.74. The maximum Gasteiger partial charge on any atom is 0.266 e. The van der Waals surface area contributed by atoms with E-state index in [4.69, 9.17) is 4.55 Å². The van der Waals surface area contributed by atoms with Crippen LogP contribution in [0.3, 0.4) is 0 Å². The number of amides is 1. The fourth-order valence-corrected chi connectivity index (χ4v) is 2.68. The number of hydrogen-bond donors (Lipinski definition) is 2. The largest absolute Gasteiger partial charge is 0.378 e.